The highest BCUT2D eigenvalue weighted by Crippen LogP contribution is 2.16. The average Bonchev–Trinajstić information content (AvgIpc) is 2.31. The molecule has 0 fully saturated rings. The van der Waals surface area contributed by atoms with Gasteiger partial charge in [0.1, 0.15) is 0 Å². The molecule has 3 heteroatoms. The van der Waals surface area contributed by atoms with E-state index >= 15 is 0 Å². The van der Waals surface area contributed by atoms with E-state index in [0.717, 1.165) is 6.42 Å². The van der Waals surface area contributed by atoms with Crippen LogP contribution in [0.2, 0.25) is 0 Å². The molecule has 0 spiro atoms. The maximum atomic E-state index is 9.28. The number of aryl methyl sites for hydroxylation is 1. The lowest BCUT2D eigenvalue weighted by Crippen LogP contribution is -2.32. The molecule has 0 heterocycles. The lowest BCUT2D eigenvalue weighted by Gasteiger charge is -2.19. The third kappa shape index (κ3) is 3.93. The SMILES string of the molecule is CCC(NCC(O)CO)c1ccc(C)cc1. The summed E-state index contributed by atoms with van der Waals surface area (Å²) < 4.78 is 0. The summed E-state index contributed by atoms with van der Waals surface area (Å²) in [5.41, 5.74) is 2.47. The molecule has 90 valence electrons. The second-order valence-electron chi connectivity index (χ2n) is 4.12. The molecule has 1 aromatic carbocycles. The first kappa shape index (κ1) is 13.2. The van der Waals surface area contributed by atoms with Crippen LogP contribution in [0.5, 0.6) is 0 Å². The minimum absolute atomic E-state index is 0.197. The average molecular weight is 223 g/mol. The van der Waals surface area contributed by atoms with E-state index in [4.69, 9.17) is 5.11 Å². The Kier molecular flexibility index (Phi) is 5.46. The lowest BCUT2D eigenvalue weighted by molar-refractivity contribution is 0.0917. The molecule has 0 aliphatic rings. The van der Waals surface area contributed by atoms with Gasteiger partial charge in [-0.15, -0.1) is 0 Å². The molecule has 2 unspecified atom stereocenters. The first-order valence-corrected chi connectivity index (χ1v) is 5.76. The number of rotatable bonds is 6. The van der Waals surface area contributed by atoms with Gasteiger partial charge in [0.25, 0.3) is 0 Å². The quantitative estimate of drug-likeness (QED) is 0.683. The van der Waals surface area contributed by atoms with Crippen LogP contribution >= 0.6 is 0 Å². The summed E-state index contributed by atoms with van der Waals surface area (Å²) in [4.78, 5) is 0. The maximum absolute atomic E-state index is 9.28. The third-order valence-electron chi connectivity index (χ3n) is 2.70. The highest BCUT2D eigenvalue weighted by atomic mass is 16.3. The van der Waals surface area contributed by atoms with Gasteiger partial charge in [0.05, 0.1) is 12.7 Å². The minimum atomic E-state index is -0.681. The summed E-state index contributed by atoms with van der Waals surface area (Å²) >= 11 is 0. The Morgan fingerprint density at radius 2 is 1.88 bits per heavy atom. The van der Waals surface area contributed by atoms with Crippen molar-refractivity contribution in [1.29, 1.82) is 0 Å². The van der Waals surface area contributed by atoms with E-state index in [1.54, 1.807) is 0 Å². The van der Waals surface area contributed by atoms with Crippen molar-refractivity contribution in [3.8, 4) is 0 Å². The van der Waals surface area contributed by atoms with Crippen LogP contribution in [-0.4, -0.2) is 29.5 Å². The van der Waals surface area contributed by atoms with Crippen LogP contribution in [0.4, 0.5) is 0 Å². The van der Waals surface area contributed by atoms with E-state index in [0.29, 0.717) is 6.54 Å². The molecule has 0 saturated carbocycles. The zero-order valence-corrected chi connectivity index (χ0v) is 9.98. The fourth-order valence-electron chi connectivity index (χ4n) is 1.64. The van der Waals surface area contributed by atoms with Gasteiger partial charge in [0.15, 0.2) is 0 Å². The van der Waals surface area contributed by atoms with Gasteiger partial charge in [-0.1, -0.05) is 36.8 Å². The zero-order valence-electron chi connectivity index (χ0n) is 9.98. The molecule has 0 amide bonds. The van der Waals surface area contributed by atoms with E-state index in [-0.39, 0.29) is 12.6 Å². The van der Waals surface area contributed by atoms with Crippen molar-refractivity contribution >= 4 is 0 Å². The van der Waals surface area contributed by atoms with Gasteiger partial charge < -0.3 is 15.5 Å². The number of aliphatic hydroxyl groups excluding tert-OH is 2. The molecule has 3 nitrogen and oxygen atoms in total. The standard InChI is InChI=1S/C13H21NO2/c1-3-13(14-8-12(16)9-15)11-6-4-10(2)5-7-11/h4-7,12-16H,3,8-9H2,1-2H3. The summed E-state index contributed by atoms with van der Waals surface area (Å²) in [7, 11) is 0. The number of hydrogen-bond acceptors (Lipinski definition) is 3. The normalized spacial score (nSPS) is 14.8. The van der Waals surface area contributed by atoms with Crippen LogP contribution in [0, 0.1) is 6.92 Å². The molecule has 0 aliphatic carbocycles. The second-order valence-corrected chi connectivity index (χ2v) is 4.12. The summed E-state index contributed by atoms with van der Waals surface area (Å²) in [5, 5.41) is 21.3. The zero-order chi connectivity index (χ0) is 12.0. The number of benzene rings is 1. The molecule has 2 atom stereocenters. The molecule has 0 radical (unpaired) electrons. The number of aliphatic hydroxyl groups is 2. The van der Waals surface area contributed by atoms with Gasteiger partial charge in [-0.3, -0.25) is 0 Å². The largest absolute Gasteiger partial charge is 0.394 e. The molecule has 16 heavy (non-hydrogen) atoms. The molecule has 0 saturated heterocycles. The number of nitrogens with one attached hydrogen (secondary N) is 1. The predicted molar refractivity (Wildman–Crippen MR) is 65.3 cm³/mol. The Morgan fingerprint density at radius 1 is 1.25 bits per heavy atom. The molecule has 0 bridgehead atoms. The van der Waals surface area contributed by atoms with Crippen molar-refractivity contribution in [2.24, 2.45) is 0 Å². The van der Waals surface area contributed by atoms with Crippen molar-refractivity contribution in [1.82, 2.24) is 5.32 Å². The summed E-state index contributed by atoms with van der Waals surface area (Å²) in [6.45, 7) is 4.39. The fourth-order valence-corrected chi connectivity index (χ4v) is 1.64. The monoisotopic (exact) mass is 223 g/mol. The summed E-state index contributed by atoms with van der Waals surface area (Å²) in [6, 6.07) is 8.61. The first-order chi connectivity index (χ1) is 7.67. The van der Waals surface area contributed by atoms with Gasteiger partial charge in [-0.25, -0.2) is 0 Å². The van der Waals surface area contributed by atoms with Crippen molar-refractivity contribution in [3.05, 3.63) is 35.4 Å². The molecule has 0 aliphatic heterocycles. The molecular formula is C13H21NO2. The smallest absolute Gasteiger partial charge is 0.0895 e. The molecule has 3 N–H and O–H groups in total. The van der Waals surface area contributed by atoms with Crippen LogP contribution in [0.1, 0.15) is 30.5 Å². The van der Waals surface area contributed by atoms with Crippen LogP contribution in [-0.2, 0) is 0 Å². The Morgan fingerprint density at radius 3 is 2.38 bits per heavy atom. The Labute approximate surface area is 97.1 Å². The van der Waals surface area contributed by atoms with Crippen molar-refractivity contribution < 1.29 is 10.2 Å². The van der Waals surface area contributed by atoms with Crippen LogP contribution in [0.15, 0.2) is 24.3 Å². The Balaban J connectivity index is 2.57. The minimum Gasteiger partial charge on any atom is -0.394 e. The highest BCUT2D eigenvalue weighted by Gasteiger charge is 2.10. The van der Waals surface area contributed by atoms with Crippen molar-refractivity contribution in [2.75, 3.05) is 13.2 Å². The van der Waals surface area contributed by atoms with Gasteiger partial charge >= 0.3 is 0 Å². The molecule has 0 aromatic heterocycles. The van der Waals surface area contributed by atoms with E-state index in [9.17, 15) is 5.11 Å². The van der Waals surface area contributed by atoms with E-state index in [1.165, 1.54) is 11.1 Å². The van der Waals surface area contributed by atoms with Crippen LogP contribution < -0.4 is 5.32 Å². The van der Waals surface area contributed by atoms with Gasteiger partial charge in [0.2, 0.25) is 0 Å². The van der Waals surface area contributed by atoms with Crippen molar-refractivity contribution in [3.63, 3.8) is 0 Å². The first-order valence-electron chi connectivity index (χ1n) is 5.76. The molecule has 1 rings (SSSR count). The van der Waals surface area contributed by atoms with E-state index in [2.05, 4.69) is 43.4 Å². The second kappa shape index (κ2) is 6.63. The van der Waals surface area contributed by atoms with Gasteiger partial charge in [0, 0.05) is 12.6 Å². The highest BCUT2D eigenvalue weighted by molar-refractivity contribution is 5.24. The molecule has 1 aromatic rings. The van der Waals surface area contributed by atoms with Crippen LogP contribution in [0.3, 0.4) is 0 Å². The topological polar surface area (TPSA) is 52.5 Å². The molecular weight excluding hydrogens is 202 g/mol. The van der Waals surface area contributed by atoms with E-state index < -0.39 is 6.10 Å². The van der Waals surface area contributed by atoms with E-state index in [1.807, 2.05) is 0 Å². The summed E-state index contributed by atoms with van der Waals surface area (Å²) in [6.07, 6.45) is 0.279. The predicted octanol–water partition coefficient (Wildman–Crippen LogP) is 1.39. The van der Waals surface area contributed by atoms with Crippen molar-refractivity contribution in [2.45, 2.75) is 32.4 Å². The third-order valence-corrected chi connectivity index (χ3v) is 2.70. The maximum Gasteiger partial charge on any atom is 0.0895 e. The fraction of sp³-hybridized carbons (Fsp3) is 0.538. The summed E-state index contributed by atoms with van der Waals surface area (Å²) in [5.74, 6) is 0. The Hall–Kier alpha value is -0.900. The van der Waals surface area contributed by atoms with Gasteiger partial charge in [-0.05, 0) is 18.9 Å². The van der Waals surface area contributed by atoms with Gasteiger partial charge in [-0.2, -0.15) is 0 Å². The number of hydrogen-bond donors (Lipinski definition) is 3. The lowest BCUT2D eigenvalue weighted by atomic mass is 10.0. The van der Waals surface area contributed by atoms with Crippen LogP contribution in [0.25, 0.3) is 0 Å². The Bertz CT molecular complexity index is 297.